The lowest BCUT2D eigenvalue weighted by Gasteiger charge is -2.35. The van der Waals surface area contributed by atoms with Gasteiger partial charge in [0.25, 0.3) is 0 Å². The van der Waals surface area contributed by atoms with Crippen LogP contribution in [-0.2, 0) is 17.8 Å². The van der Waals surface area contributed by atoms with Crippen LogP contribution in [0.2, 0.25) is 0 Å². The van der Waals surface area contributed by atoms with Crippen LogP contribution in [0.25, 0.3) is 0 Å². The molecule has 3 heteroatoms. The fourth-order valence-electron chi connectivity index (χ4n) is 2.64. The second-order valence-electron chi connectivity index (χ2n) is 5.30. The molecule has 1 aromatic rings. The van der Waals surface area contributed by atoms with Gasteiger partial charge < -0.3 is 10.1 Å². The fourth-order valence-corrected chi connectivity index (χ4v) is 2.64. The molecule has 0 aromatic heterocycles. The van der Waals surface area contributed by atoms with Gasteiger partial charge in [-0.15, -0.1) is 0 Å². The van der Waals surface area contributed by atoms with Crippen molar-refractivity contribution in [2.45, 2.75) is 39.1 Å². The van der Waals surface area contributed by atoms with Crippen LogP contribution in [0.5, 0.6) is 0 Å². The third-order valence-corrected chi connectivity index (χ3v) is 3.31. The summed E-state index contributed by atoms with van der Waals surface area (Å²) in [5.74, 6) is 0. The van der Waals surface area contributed by atoms with Gasteiger partial charge in [-0.05, 0) is 32.0 Å². The summed E-state index contributed by atoms with van der Waals surface area (Å²) in [5, 5.41) is 3.17. The average molecular weight is 248 g/mol. The maximum Gasteiger partial charge on any atom is 0.0678 e. The topological polar surface area (TPSA) is 24.5 Å². The van der Waals surface area contributed by atoms with Crippen LogP contribution in [0.4, 0.5) is 0 Å². The molecule has 0 radical (unpaired) electrons. The Hall–Kier alpha value is -0.900. The molecule has 0 bridgehead atoms. The van der Waals surface area contributed by atoms with E-state index in [9.17, 15) is 0 Å². The number of benzene rings is 1. The second kappa shape index (κ2) is 6.32. The lowest BCUT2D eigenvalue weighted by Crippen LogP contribution is -2.44. The first-order valence-corrected chi connectivity index (χ1v) is 6.77. The normalized spacial score (nSPS) is 25.3. The van der Waals surface area contributed by atoms with Crippen LogP contribution in [0, 0.1) is 0 Å². The van der Waals surface area contributed by atoms with Crippen LogP contribution >= 0.6 is 0 Å². The zero-order valence-electron chi connectivity index (χ0n) is 11.6. The van der Waals surface area contributed by atoms with E-state index in [0.29, 0.717) is 12.2 Å². The summed E-state index contributed by atoms with van der Waals surface area (Å²) < 4.78 is 5.76. The summed E-state index contributed by atoms with van der Waals surface area (Å²) >= 11 is 0. The zero-order chi connectivity index (χ0) is 13.0. The molecular weight excluding hydrogens is 224 g/mol. The van der Waals surface area contributed by atoms with E-state index < -0.39 is 0 Å². The SMILES string of the molecule is CNCc1ccc(CN2C[C@@H](C)O[C@@H](C)C2)cc1. The third-order valence-electron chi connectivity index (χ3n) is 3.31. The number of hydrogen-bond donors (Lipinski definition) is 1. The molecule has 1 saturated heterocycles. The van der Waals surface area contributed by atoms with E-state index >= 15 is 0 Å². The Morgan fingerprint density at radius 2 is 1.67 bits per heavy atom. The van der Waals surface area contributed by atoms with E-state index in [2.05, 4.69) is 48.3 Å². The molecule has 0 spiro atoms. The Morgan fingerprint density at radius 1 is 1.11 bits per heavy atom. The van der Waals surface area contributed by atoms with Crippen LogP contribution in [-0.4, -0.2) is 37.2 Å². The van der Waals surface area contributed by atoms with Crippen molar-refractivity contribution in [3.05, 3.63) is 35.4 Å². The van der Waals surface area contributed by atoms with Gasteiger partial charge >= 0.3 is 0 Å². The average Bonchev–Trinajstić information content (AvgIpc) is 2.31. The number of rotatable bonds is 4. The molecule has 1 fully saturated rings. The fraction of sp³-hybridized carbons (Fsp3) is 0.600. The molecule has 1 aliphatic heterocycles. The number of hydrogen-bond acceptors (Lipinski definition) is 3. The van der Waals surface area contributed by atoms with E-state index in [0.717, 1.165) is 26.2 Å². The van der Waals surface area contributed by atoms with Crippen LogP contribution < -0.4 is 5.32 Å². The quantitative estimate of drug-likeness (QED) is 0.882. The van der Waals surface area contributed by atoms with Gasteiger partial charge in [0.05, 0.1) is 12.2 Å². The zero-order valence-corrected chi connectivity index (χ0v) is 11.6. The Labute approximate surface area is 110 Å². The van der Waals surface area contributed by atoms with Crippen molar-refractivity contribution < 1.29 is 4.74 Å². The van der Waals surface area contributed by atoms with Crippen molar-refractivity contribution in [1.82, 2.24) is 10.2 Å². The van der Waals surface area contributed by atoms with Crippen molar-refractivity contribution in [2.24, 2.45) is 0 Å². The Bertz CT molecular complexity index is 353. The minimum atomic E-state index is 0.345. The van der Waals surface area contributed by atoms with Crippen LogP contribution in [0.15, 0.2) is 24.3 Å². The van der Waals surface area contributed by atoms with Crippen molar-refractivity contribution in [3.63, 3.8) is 0 Å². The lowest BCUT2D eigenvalue weighted by molar-refractivity contribution is -0.0704. The number of morpholine rings is 1. The summed E-state index contributed by atoms with van der Waals surface area (Å²) in [6.45, 7) is 8.33. The molecule has 0 saturated carbocycles. The highest BCUT2D eigenvalue weighted by Gasteiger charge is 2.21. The standard InChI is InChI=1S/C15H24N2O/c1-12-9-17(10-13(2)18-12)11-15-6-4-14(5-7-15)8-16-3/h4-7,12-13,16H,8-11H2,1-3H3/t12-,13+. The molecule has 0 aliphatic carbocycles. The molecule has 0 unspecified atom stereocenters. The molecule has 2 atom stereocenters. The summed E-state index contributed by atoms with van der Waals surface area (Å²) in [6, 6.07) is 8.88. The monoisotopic (exact) mass is 248 g/mol. The lowest BCUT2D eigenvalue weighted by atomic mass is 10.1. The van der Waals surface area contributed by atoms with Gasteiger partial charge in [-0.25, -0.2) is 0 Å². The van der Waals surface area contributed by atoms with E-state index in [-0.39, 0.29) is 0 Å². The maximum atomic E-state index is 5.76. The highest BCUT2D eigenvalue weighted by atomic mass is 16.5. The van der Waals surface area contributed by atoms with Crippen molar-refractivity contribution in [1.29, 1.82) is 0 Å². The third kappa shape index (κ3) is 3.80. The largest absolute Gasteiger partial charge is 0.373 e. The highest BCUT2D eigenvalue weighted by molar-refractivity contribution is 5.22. The predicted octanol–water partition coefficient (Wildman–Crippen LogP) is 2.02. The van der Waals surface area contributed by atoms with Crippen LogP contribution in [0.1, 0.15) is 25.0 Å². The van der Waals surface area contributed by atoms with E-state index in [1.54, 1.807) is 0 Å². The van der Waals surface area contributed by atoms with Gasteiger partial charge in [0, 0.05) is 26.2 Å². The molecule has 1 heterocycles. The molecule has 1 aromatic carbocycles. The van der Waals surface area contributed by atoms with E-state index in [4.69, 9.17) is 4.74 Å². The maximum absolute atomic E-state index is 5.76. The molecular formula is C15H24N2O. The summed E-state index contributed by atoms with van der Waals surface area (Å²) in [6.07, 6.45) is 0.689. The summed E-state index contributed by atoms with van der Waals surface area (Å²) in [5.41, 5.74) is 2.72. The van der Waals surface area contributed by atoms with Crippen molar-refractivity contribution in [2.75, 3.05) is 20.1 Å². The van der Waals surface area contributed by atoms with E-state index in [1.807, 2.05) is 7.05 Å². The van der Waals surface area contributed by atoms with Gasteiger partial charge in [-0.3, -0.25) is 4.90 Å². The van der Waals surface area contributed by atoms with Gasteiger partial charge in [0.15, 0.2) is 0 Å². The number of nitrogens with zero attached hydrogens (tertiary/aromatic N) is 1. The molecule has 2 rings (SSSR count). The Balaban J connectivity index is 1.92. The second-order valence-corrected chi connectivity index (χ2v) is 5.30. The molecule has 18 heavy (non-hydrogen) atoms. The van der Waals surface area contributed by atoms with Crippen LogP contribution in [0.3, 0.4) is 0 Å². The van der Waals surface area contributed by atoms with E-state index in [1.165, 1.54) is 11.1 Å². The molecule has 3 nitrogen and oxygen atoms in total. The molecule has 100 valence electrons. The Kier molecular flexibility index (Phi) is 4.75. The number of ether oxygens (including phenoxy) is 1. The van der Waals surface area contributed by atoms with Gasteiger partial charge in [-0.1, -0.05) is 24.3 Å². The number of nitrogens with one attached hydrogen (secondary N) is 1. The minimum Gasteiger partial charge on any atom is -0.373 e. The van der Waals surface area contributed by atoms with Crippen molar-refractivity contribution >= 4 is 0 Å². The molecule has 0 amide bonds. The smallest absolute Gasteiger partial charge is 0.0678 e. The predicted molar refractivity (Wildman–Crippen MR) is 74.5 cm³/mol. The minimum absolute atomic E-state index is 0.345. The summed E-state index contributed by atoms with van der Waals surface area (Å²) in [7, 11) is 1.98. The Morgan fingerprint density at radius 3 is 2.22 bits per heavy atom. The first-order valence-electron chi connectivity index (χ1n) is 6.77. The molecule has 1 aliphatic rings. The molecule has 1 N–H and O–H groups in total. The first-order chi connectivity index (χ1) is 8.67. The van der Waals surface area contributed by atoms with Gasteiger partial charge in [0.1, 0.15) is 0 Å². The first kappa shape index (κ1) is 13.5. The van der Waals surface area contributed by atoms with Crippen molar-refractivity contribution in [3.8, 4) is 0 Å². The summed E-state index contributed by atoms with van der Waals surface area (Å²) in [4.78, 5) is 2.48. The van der Waals surface area contributed by atoms with Gasteiger partial charge in [0.2, 0.25) is 0 Å². The highest BCUT2D eigenvalue weighted by Crippen LogP contribution is 2.14. The van der Waals surface area contributed by atoms with Gasteiger partial charge in [-0.2, -0.15) is 0 Å².